The highest BCUT2D eigenvalue weighted by atomic mass is 16.5. The first-order valence-corrected chi connectivity index (χ1v) is 12.0. The smallest absolute Gasteiger partial charge is 0.309 e. The van der Waals surface area contributed by atoms with E-state index >= 15 is 0 Å². The van der Waals surface area contributed by atoms with Crippen LogP contribution in [0.1, 0.15) is 57.6 Å². The summed E-state index contributed by atoms with van der Waals surface area (Å²) in [4.78, 5) is 21.8. The Morgan fingerprint density at radius 2 is 2.10 bits per heavy atom. The molecule has 1 aromatic rings. The fourth-order valence-electron chi connectivity index (χ4n) is 5.61. The molecule has 3 saturated heterocycles. The third-order valence-corrected chi connectivity index (χ3v) is 7.68. The van der Waals surface area contributed by atoms with Crippen LogP contribution >= 0.6 is 0 Å². The molecule has 0 spiro atoms. The summed E-state index contributed by atoms with van der Waals surface area (Å²) in [6, 6.07) is 5.63. The number of likely N-dealkylation sites (tertiary alicyclic amines) is 1. The lowest BCUT2D eigenvalue weighted by molar-refractivity contribution is -0.155. The molecular formula is C24H38N4O3. The number of aromatic nitrogens is 1. The van der Waals surface area contributed by atoms with Crippen LogP contribution in [0.15, 0.2) is 12.1 Å². The van der Waals surface area contributed by atoms with Crippen LogP contribution < -0.4 is 10.2 Å². The number of hydrogen-bond donors (Lipinski definition) is 2. The minimum Gasteiger partial charge on any atom is -0.481 e. The first kappa shape index (κ1) is 22.3. The Morgan fingerprint density at radius 3 is 2.77 bits per heavy atom. The molecule has 3 aliphatic heterocycles. The molecule has 172 valence electrons. The van der Waals surface area contributed by atoms with Crippen molar-refractivity contribution in [3.8, 4) is 0 Å². The second-order valence-electron chi connectivity index (χ2n) is 9.65. The second kappa shape index (κ2) is 9.74. The van der Waals surface area contributed by atoms with E-state index in [4.69, 9.17) is 9.72 Å². The van der Waals surface area contributed by atoms with E-state index in [9.17, 15) is 9.90 Å². The third-order valence-electron chi connectivity index (χ3n) is 7.68. The lowest BCUT2D eigenvalue weighted by Gasteiger charge is -2.33. The Hall–Kier alpha value is -1.86. The number of anilines is 2. The van der Waals surface area contributed by atoms with Gasteiger partial charge in [0.1, 0.15) is 5.82 Å². The number of carboxylic acids is 1. The molecule has 0 amide bonds. The number of nitrogens with one attached hydrogen (secondary N) is 1. The van der Waals surface area contributed by atoms with Crippen molar-refractivity contribution in [2.24, 2.45) is 5.41 Å². The summed E-state index contributed by atoms with van der Waals surface area (Å²) in [5.41, 5.74) is 1.44. The monoisotopic (exact) mass is 430 g/mol. The van der Waals surface area contributed by atoms with Crippen molar-refractivity contribution in [1.29, 1.82) is 0 Å². The largest absolute Gasteiger partial charge is 0.481 e. The molecule has 0 radical (unpaired) electrons. The molecule has 0 aromatic carbocycles. The van der Waals surface area contributed by atoms with E-state index in [-0.39, 0.29) is 0 Å². The van der Waals surface area contributed by atoms with E-state index in [1.807, 2.05) is 0 Å². The van der Waals surface area contributed by atoms with Crippen LogP contribution in [0.5, 0.6) is 0 Å². The van der Waals surface area contributed by atoms with Gasteiger partial charge in [0, 0.05) is 44.9 Å². The summed E-state index contributed by atoms with van der Waals surface area (Å²) in [6.45, 7) is 9.68. The normalized spacial score (nSPS) is 26.3. The molecule has 7 nitrogen and oxygen atoms in total. The second-order valence-corrected chi connectivity index (χ2v) is 9.65. The molecule has 0 saturated carbocycles. The van der Waals surface area contributed by atoms with Crippen molar-refractivity contribution < 1.29 is 14.6 Å². The Labute approximate surface area is 186 Å². The molecule has 2 N–H and O–H groups in total. The van der Waals surface area contributed by atoms with E-state index in [0.29, 0.717) is 44.6 Å². The molecule has 0 aliphatic carbocycles. The summed E-state index contributed by atoms with van der Waals surface area (Å²) in [5, 5.41) is 13.2. The van der Waals surface area contributed by atoms with Crippen LogP contribution in [0, 0.1) is 12.3 Å². The minimum absolute atomic E-state index is 0.554. The number of aryl methyl sites for hydroxylation is 1. The van der Waals surface area contributed by atoms with Gasteiger partial charge in [-0.3, -0.25) is 9.69 Å². The number of pyridine rings is 1. The van der Waals surface area contributed by atoms with Gasteiger partial charge in [-0.2, -0.15) is 0 Å². The van der Waals surface area contributed by atoms with E-state index in [0.717, 1.165) is 43.3 Å². The Balaban J connectivity index is 1.27. The molecule has 2 atom stereocenters. The topological polar surface area (TPSA) is 77.9 Å². The van der Waals surface area contributed by atoms with Gasteiger partial charge in [-0.25, -0.2) is 4.98 Å². The van der Waals surface area contributed by atoms with Gasteiger partial charge in [0.15, 0.2) is 0 Å². The van der Waals surface area contributed by atoms with Gasteiger partial charge >= 0.3 is 5.97 Å². The SMILES string of the molecule is Cc1nc(N2CC[C@@H](N3CCC[C@@H]3C)C2)ccc1NCCCC1(C(=O)O)CCOCC1. The zero-order valence-corrected chi connectivity index (χ0v) is 19.1. The third kappa shape index (κ3) is 4.98. The summed E-state index contributed by atoms with van der Waals surface area (Å²) in [5.74, 6) is 0.398. The van der Waals surface area contributed by atoms with Gasteiger partial charge in [0.25, 0.3) is 0 Å². The number of hydrogen-bond acceptors (Lipinski definition) is 6. The number of nitrogens with zero attached hydrogens (tertiary/aromatic N) is 3. The van der Waals surface area contributed by atoms with Crippen LogP contribution in [-0.4, -0.2) is 72.4 Å². The van der Waals surface area contributed by atoms with Gasteiger partial charge in [-0.05, 0) is 77.5 Å². The average molecular weight is 431 g/mol. The van der Waals surface area contributed by atoms with Crippen molar-refractivity contribution in [3.63, 3.8) is 0 Å². The minimum atomic E-state index is -0.676. The highest BCUT2D eigenvalue weighted by Crippen LogP contribution is 2.36. The Kier molecular flexibility index (Phi) is 7.02. The first-order chi connectivity index (χ1) is 15.0. The highest BCUT2D eigenvalue weighted by Gasteiger charge is 2.39. The van der Waals surface area contributed by atoms with E-state index in [2.05, 4.69) is 41.1 Å². The highest BCUT2D eigenvalue weighted by molar-refractivity contribution is 5.74. The molecule has 4 rings (SSSR count). The van der Waals surface area contributed by atoms with Crippen molar-refractivity contribution in [2.45, 2.75) is 70.9 Å². The predicted octanol–water partition coefficient (Wildman–Crippen LogP) is 3.53. The fourth-order valence-corrected chi connectivity index (χ4v) is 5.61. The first-order valence-electron chi connectivity index (χ1n) is 12.0. The van der Waals surface area contributed by atoms with E-state index in [1.165, 1.54) is 25.8 Å². The maximum Gasteiger partial charge on any atom is 0.309 e. The fraction of sp³-hybridized carbons (Fsp3) is 0.750. The summed E-state index contributed by atoms with van der Waals surface area (Å²) in [7, 11) is 0. The Morgan fingerprint density at radius 1 is 1.29 bits per heavy atom. The molecule has 0 bridgehead atoms. The van der Waals surface area contributed by atoms with Crippen LogP contribution in [0.2, 0.25) is 0 Å². The number of carbonyl (C=O) groups is 1. The molecule has 3 fully saturated rings. The number of rotatable bonds is 8. The van der Waals surface area contributed by atoms with Gasteiger partial charge in [0.2, 0.25) is 0 Å². The van der Waals surface area contributed by atoms with Crippen LogP contribution in [0.25, 0.3) is 0 Å². The van der Waals surface area contributed by atoms with Gasteiger partial charge in [-0.1, -0.05) is 0 Å². The number of ether oxygens (including phenoxy) is 1. The summed E-state index contributed by atoms with van der Waals surface area (Å²) >= 11 is 0. The molecule has 4 heterocycles. The molecule has 31 heavy (non-hydrogen) atoms. The van der Waals surface area contributed by atoms with E-state index in [1.54, 1.807) is 0 Å². The molecular weight excluding hydrogens is 392 g/mol. The average Bonchev–Trinajstić information content (AvgIpc) is 3.41. The summed E-state index contributed by atoms with van der Waals surface area (Å²) in [6.07, 6.45) is 6.63. The van der Waals surface area contributed by atoms with Gasteiger partial charge in [-0.15, -0.1) is 0 Å². The summed E-state index contributed by atoms with van der Waals surface area (Å²) < 4.78 is 5.37. The zero-order chi connectivity index (χ0) is 21.8. The van der Waals surface area contributed by atoms with E-state index < -0.39 is 11.4 Å². The number of carboxylic acid groups (broad SMARTS) is 1. The Bertz CT molecular complexity index is 765. The lowest BCUT2D eigenvalue weighted by atomic mass is 9.76. The van der Waals surface area contributed by atoms with Crippen LogP contribution in [0.4, 0.5) is 11.5 Å². The van der Waals surface area contributed by atoms with Crippen molar-refractivity contribution in [1.82, 2.24) is 9.88 Å². The lowest BCUT2D eigenvalue weighted by Crippen LogP contribution is -2.39. The molecule has 0 unspecified atom stereocenters. The number of aliphatic carboxylic acids is 1. The molecule has 1 aromatic heterocycles. The van der Waals surface area contributed by atoms with Crippen molar-refractivity contribution in [3.05, 3.63) is 17.8 Å². The van der Waals surface area contributed by atoms with Crippen molar-refractivity contribution >= 4 is 17.5 Å². The molecule has 3 aliphatic rings. The van der Waals surface area contributed by atoms with Crippen molar-refractivity contribution in [2.75, 3.05) is 49.6 Å². The quantitative estimate of drug-likeness (QED) is 0.611. The standard InChI is InChI=1S/C24H38N4O3/c1-18-5-3-13-28(18)20-8-14-27(17-20)22-7-6-21(19(2)26-22)25-12-4-9-24(23(29)30)10-15-31-16-11-24/h6-7,18,20,25H,3-5,8-17H2,1-2H3,(H,29,30)/t18-,20+/m0/s1. The van der Waals surface area contributed by atoms with Crippen LogP contribution in [-0.2, 0) is 9.53 Å². The van der Waals surface area contributed by atoms with Gasteiger partial charge < -0.3 is 20.1 Å². The molecule has 7 heteroatoms. The maximum absolute atomic E-state index is 11.8. The van der Waals surface area contributed by atoms with Crippen LogP contribution in [0.3, 0.4) is 0 Å². The zero-order valence-electron chi connectivity index (χ0n) is 19.1. The van der Waals surface area contributed by atoms with Gasteiger partial charge in [0.05, 0.1) is 16.8 Å². The predicted molar refractivity (Wildman–Crippen MR) is 123 cm³/mol. The maximum atomic E-state index is 11.8.